The summed E-state index contributed by atoms with van der Waals surface area (Å²) in [5.74, 6) is 0. The molecule has 100 valence electrons. The molecule has 2 nitrogen and oxygen atoms in total. The smallest absolute Gasteiger partial charge is 0.0370 e. The van der Waals surface area contributed by atoms with Crippen LogP contribution in [0, 0.1) is 6.92 Å². The number of hydrogen-bond donors (Lipinski definition) is 1. The Bertz CT molecular complexity index is 375. The molecule has 0 amide bonds. The van der Waals surface area contributed by atoms with Crippen LogP contribution in [0.5, 0.6) is 0 Å². The maximum absolute atomic E-state index is 3.56. The van der Waals surface area contributed by atoms with Gasteiger partial charge in [0, 0.05) is 30.9 Å². The fraction of sp³-hybridized carbons (Fsp3) is 0.625. The minimum Gasteiger partial charge on any atom is -0.384 e. The zero-order valence-electron chi connectivity index (χ0n) is 11.9. The molecule has 0 aliphatic carbocycles. The van der Waals surface area contributed by atoms with Crippen molar-refractivity contribution in [3.05, 3.63) is 29.8 Å². The zero-order chi connectivity index (χ0) is 13.0. The second-order valence-corrected chi connectivity index (χ2v) is 5.47. The van der Waals surface area contributed by atoms with E-state index in [2.05, 4.69) is 55.3 Å². The van der Waals surface area contributed by atoms with E-state index < -0.39 is 0 Å². The third kappa shape index (κ3) is 3.05. The molecule has 2 unspecified atom stereocenters. The first-order valence-corrected chi connectivity index (χ1v) is 7.27. The summed E-state index contributed by atoms with van der Waals surface area (Å²) in [5, 5.41) is 3.56. The van der Waals surface area contributed by atoms with Gasteiger partial charge < -0.3 is 5.32 Å². The lowest BCUT2D eigenvalue weighted by molar-refractivity contribution is 0.207. The van der Waals surface area contributed by atoms with Gasteiger partial charge in [0.2, 0.25) is 0 Å². The van der Waals surface area contributed by atoms with E-state index in [0.717, 1.165) is 25.2 Å². The van der Waals surface area contributed by atoms with Crippen LogP contribution in [-0.4, -0.2) is 30.1 Å². The number of nitrogens with one attached hydrogen (secondary N) is 1. The number of anilines is 1. The van der Waals surface area contributed by atoms with Gasteiger partial charge >= 0.3 is 0 Å². The number of rotatable bonds is 5. The topological polar surface area (TPSA) is 15.3 Å². The molecule has 0 spiro atoms. The van der Waals surface area contributed by atoms with Gasteiger partial charge in [0.05, 0.1) is 0 Å². The van der Waals surface area contributed by atoms with Crippen molar-refractivity contribution >= 4 is 5.69 Å². The Morgan fingerprint density at radius 1 is 1.28 bits per heavy atom. The molecule has 1 aromatic rings. The fourth-order valence-electron chi connectivity index (χ4n) is 3.06. The third-order valence-corrected chi connectivity index (χ3v) is 4.25. The van der Waals surface area contributed by atoms with Crippen LogP contribution in [0.3, 0.4) is 0 Å². The summed E-state index contributed by atoms with van der Waals surface area (Å²) in [6, 6.07) is 10.1. The number of benzene rings is 1. The SMILES string of the molecule is CCC1CCC(C)N1CCNc1ccccc1C. The minimum atomic E-state index is 0.758. The van der Waals surface area contributed by atoms with Crippen molar-refractivity contribution in [1.29, 1.82) is 0 Å². The zero-order valence-corrected chi connectivity index (χ0v) is 11.9. The van der Waals surface area contributed by atoms with Crippen LogP contribution in [0.2, 0.25) is 0 Å². The average molecular weight is 246 g/mol. The quantitative estimate of drug-likeness (QED) is 0.852. The fourth-order valence-corrected chi connectivity index (χ4v) is 3.06. The van der Waals surface area contributed by atoms with Crippen LogP contribution in [0.25, 0.3) is 0 Å². The highest BCUT2D eigenvalue weighted by Crippen LogP contribution is 2.25. The molecule has 0 aromatic heterocycles. The van der Waals surface area contributed by atoms with Gasteiger partial charge in [-0.25, -0.2) is 0 Å². The molecule has 18 heavy (non-hydrogen) atoms. The Morgan fingerprint density at radius 2 is 2.06 bits per heavy atom. The van der Waals surface area contributed by atoms with Crippen molar-refractivity contribution in [2.24, 2.45) is 0 Å². The molecule has 2 atom stereocenters. The van der Waals surface area contributed by atoms with Gasteiger partial charge in [-0.15, -0.1) is 0 Å². The van der Waals surface area contributed by atoms with Gasteiger partial charge in [-0.2, -0.15) is 0 Å². The van der Waals surface area contributed by atoms with E-state index in [4.69, 9.17) is 0 Å². The molecule has 2 heteroatoms. The van der Waals surface area contributed by atoms with Crippen molar-refractivity contribution < 1.29 is 0 Å². The van der Waals surface area contributed by atoms with Crippen LogP contribution in [0.4, 0.5) is 5.69 Å². The Labute approximate surface area is 111 Å². The maximum Gasteiger partial charge on any atom is 0.0370 e. The van der Waals surface area contributed by atoms with Crippen molar-refractivity contribution in [3.8, 4) is 0 Å². The molecular weight excluding hydrogens is 220 g/mol. The van der Waals surface area contributed by atoms with Crippen molar-refractivity contribution in [1.82, 2.24) is 4.90 Å². The first-order valence-electron chi connectivity index (χ1n) is 7.27. The molecule has 1 aliphatic rings. The van der Waals surface area contributed by atoms with E-state index in [-0.39, 0.29) is 0 Å². The number of likely N-dealkylation sites (tertiary alicyclic amines) is 1. The molecule has 0 radical (unpaired) electrons. The van der Waals surface area contributed by atoms with Gasteiger partial charge in [0.1, 0.15) is 0 Å². The van der Waals surface area contributed by atoms with Crippen molar-refractivity contribution in [2.45, 2.75) is 52.1 Å². The molecule has 1 aliphatic heterocycles. The number of aryl methyl sites for hydroxylation is 1. The van der Waals surface area contributed by atoms with E-state index in [0.29, 0.717) is 0 Å². The molecule has 1 fully saturated rings. The Morgan fingerprint density at radius 3 is 2.78 bits per heavy atom. The first-order chi connectivity index (χ1) is 8.72. The van der Waals surface area contributed by atoms with Crippen LogP contribution in [-0.2, 0) is 0 Å². The highest BCUT2D eigenvalue weighted by molar-refractivity contribution is 5.50. The van der Waals surface area contributed by atoms with E-state index in [1.807, 2.05) is 0 Å². The number of nitrogens with zero attached hydrogens (tertiary/aromatic N) is 1. The van der Waals surface area contributed by atoms with Crippen LogP contribution in [0.15, 0.2) is 24.3 Å². The normalized spacial score (nSPS) is 24.4. The van der Waals surface area contributed by atoms with E-state index >= 15 is 0 Å². The monoisotopic (exact) mass is 246 g/mol. The van der Waals surface area contributed by atoms with Gasteiger partial charge in [0.15, 0.2) is 0 Å². The summed E-state index contributed by atoms with van der Waals surface area (Å²) >= 11 is 0. The second kappa shape index (κ2) is 6.24. The number of hydrogen-bond acceptors (Lipinski definition) is 2. The second-order valence-electron chi connectivity index (χ2n) is 5.47. The Hall–Kier alpha value is -1.02. The molecule has 1 aromatic carbocycles. The molecule has 0 saturated carbocycles. The number of para-hydroxylation sites is 1. The highest BCUT2D eigenvalue weighted by atomic mass is 15.2. The van der Waals surface area contributed by atoms with E-state index in [1.165, 1.54) is 30.5 Å². The van der Waals surface area contributed by atoms with Crippen LogP contribution >= 0.6 is 0 Å². The summed E-state index contributed by atoms with van der Waals surface area (Å²) in [7, 11) is 0. The van der Waals surface area contributed by atoms with Gasteiger partial charge in [0.25, 0.3) is 0 Å². The first kappa shape index (κ1) is 13.4. The van der Waals surface area contributed by atoms with Crippen LogP contribution in [0.1, 0.15) is 38.7 Å². The van der Waals surface area contributed by atoms with Crippen molar-refractivity contribution in [3.63, 3.8) is 0 Å². The van der Waals surface area contributed by atoms with E-state index in [9.17, 15) is 0 Å². The molecule has 1 saturated heterocycles. The van der Waals surface area contributed by atoms with Gasteiger partial charge in [-0.3, -0.25) is 4.90 Å². The summed E-state index contributed by atoms with van der Waals surface area (Å²) in [6.45, 7) is 9.04. The van der Waals surface area contributed by atoms with Gasteiger partial charge in [-0.05, 0) is 44.7 Å². The maximum atomic E-state index is 3.56. The van der Waals surface area contributed by atoms with E-state index in [1.54, 1.807) is 0 Å². The third-order valence-electron chi connectivity index (χ3n) is 4.25. The van der Waals surface area contributed by atoms with Crippen LogP contribution < -0.4 is 5.32 Å². The molecular formula is C16H26N2. The Balaban J connectivity index is 1.83. The summed E-state index contributed by atoms with van der Waals surface area (Å²) in [6.07, 6.45) is 4.03. The predicted molar refractivity (Wildman–Crippen MR) is 79.1 cm³/mol. The minimum absolute atomic E-state index is 0.758. The average Bonchev–Trinajstić information content (AvgIpc) is 2.73. The lowest BCUT2D eigenvalue weighted by Gasteiger charge is -2.28. The molecule has 1 N–H and O–H groups in total. The van der Waals surface area contributed by atoms with Crippen molar-refractivity contribution in [2.75, 3.05) is 18.4 Å². The summed E-state index contributed by atoms with van der Waals surface area (Å²) in [5.41, 5.74) is 2.61. The Kier molecular flexibility index (Phi) is 4.65. The largest absolute Gasteiger partial charge is 0.384 e. The molecule has 1 heterocycles. The summed E-state index contributed by atoms with van der Waals surface area (Å²) < 4.78 is 0. The van der Waals surface area contributed by atoms with Gasteiger partial charge in [-0.1, -0.05) is 25.1 Å². The standard InChI is InChI=1S/C16H26N2/c1-4-15-10-9-14(3)18(15)12-11-17-16-8-6-5-7-13(16)2/h5-8,14-15,17H,4,9-12H2,1-3H3. The molecule has 0 bridgehead atoms. The molecule has 2 rings (SSSR count). The lowest BCUT2D eigenvalue weighted by atomic mass is 10.1. The highest BCUT2D eigenvalue weighted by Gasteiger charge is 2.28. The lowest BCUT2D eigenvalue weighted by Crippen LogP contribution is -2.37. The summed E-state index contributed by atoms with van der Waals surface area (Å²) in [4.78, 5) is 2.67. The predicted octanol–water partition coefficient (Wildman–Crippen LogP) is 3.67.